The lowest BCUT2D eigenvalue weighted by Crippen LogP contribution is -2.34. The molecule has 2 aromatic rings. The number of hydrogen-bond donors (Lipinski definition) is 2. The molecule has 1 saturated heterocycles. The van der Waals surface area contributed by atoms with E-state index in [1.807, 2.05) is 12.1 Å². The smallest absolute Gasteiger partial charge is 0.164 e. The summed E-state index contributed by atoms with van der Waals surface area (Å²) >= 11 is 0. The second-order valence-corrected chi connectivity index (χ2v) is 7.72. The molecule has 3 heterocycles. The van der Waals surface area contributed by atoms with Gasteiger partial charge in [-0.2, -0.15) is 0 Å². The Morgan fingerprint density at radius 2 is 1.80 bits per heavy atom. The molecule has 0 atom stereocenters. The van der Waals surface area contributed by atoms with Crippen LogP contribution in [0.5, 0.6) is 11.5 Å². The van der Waals surface area contributed by atoms with Crippen molar-refractivity contribution in [3.8, 4) is 11.5 Å². The lowest BCUT2D eigenvalue weighted by atomic mass is 9.94. The quantitative estimate of drug-likeness (QED) is 0.806. The van der Waals surface area contributed by atoms with Crippen LogP contribution in [-0.4, -0.2) is 52.2 Å². The predicted molar refractivity (Wildman–Crippen MR) is 96.3 cm³/mol. The molecule has 1 aromatic heterocycles. The minimum absolute atomic E-state index is 0.514. The molecule has 134 valence electrons. The summed E-state index contributed by atoms with van der Waals surface area (Å²) in [5.41, 5.74) is 0.863. The van der Waals surface area contributed by atoms with E-state index in [2.05, 4.69) is 14.9 Å². The van der Waals surface area contributed by atoms with Gasteiger partial charge in [-0.25, -0.2) is 9.97 Å². The van der Waals surface area contributed by atoms with Gasteiger partial charge >= 0.3 is 0 Å². The van der Waals surface area contributed by atoms with Gasteiger partial charge in [-0.1, -0.05) is 0 Å². The highest BCUT2D eigenvalue weighted by Gasteiger charge is 2.23. The van der Waals surface area contributed by atoms with Crippen LogP contribution in [-0.2, 0) is 0 Å². The van der Waals surface area contributed by atoms with Crippen LogP contribution in [0, 0.1) is 5.92 Å². The van der Waals surface area contributed by atoms with E-state index in [1.165, 1.54) is 0 Å². The van der Waals surface area contributed by atoms with Crippen LogP contribution >= 0.6 is 8.38 Å². The van der Waals surface area contributed by atoms with Gasteiger partial charge in [0.15, 0.2) is 19.9 Å². The Bertz CT molecular complexity index is 750. The summed E-state index contributed by atoms with van der Waals surface area (Å²) in [7, 11) is -1.77. The normalized spacial score (nSPS) is 18.1. The van der Waals surface area contributed by atoms with Crippen LogP contribution in [0.25, 0.3) is 10.9 Å². The number of benzene rings is 1. The molecule has 0 bridgehead atoms. The average Bonchev–Trinajstić information content (AvgIpc) is 2.64. The largest absolute Gasteiger partial charge is 0.486 e. The Labute approximate surface area is 147 Å². The standard InChI is InChI=1S/C17H22N3O4P/c21-25(22)8-3-12-1-4-20(5-2-12)17-13-9-15-16(24-7-6-23-15)10-14(13)18-11-19-17/h9-12,21-22H,1-8H2. The summed E-state index contributed by atoms with van der Waals surface area (Å²) in [6, 6.07) is 3.91. The zero-order valence-corrected chi connectivity index (χ0v) is 14.9. The Morgan fingerprint density at radius 3 is 2.52 bits per heavy atom. The van der Waals surface area contributed by atoms with Crippen molar-refractivity contribution in [1.29, 1.82) is 0 Å². The highest BCUT2D eigenvalue weighted by molar-refractivity contribution is 7.45. The number of aromatic nitrogens is 2. The molecule has 0 saturated carbocycles. The Balaban J connectivity index is 1.54. The van der Waals surface area contributed by atoms with Gasteiger partial charge in [-0.15, -0.1) is 0 Å². The molecule has 0 radical (unpaired) electrons. The molecular weight excluding hydrogens is 341 g/mol. The van der Waals surface area contributed by atoms with E-state index in [0.717, 1.165) is 60.6 Å². The third-order valence-corrected chi connectivity index (χ3v) is 5.59. The molecule has 1 fully saturated rings. The number of nitrogens with zero attached hydrogens (tertiary/aromatic N) is 3. The van der Waals surface area contributed by atoms with Gasteiger partial charge in [-0.3, -0.25) is 0 Å². The van der Waals surface area contributed by atoms with Crippen molar-refractivity contribution < 1.29 is 19.3 Å². The number of anilines is 1. The summed E-state index contributed by atoms with van der Waals surface area (Å²) in [6.07, 6.45) is 5.08. The van der Waals surface area contributed by atoms with E-state index in [1.54, 1.807) is 6.33 Å². The van der Waals surface area contributed by atoms with Gasteiger partial charge in [0.25, 0.3) is 0 Å². The van der Waals surface area contributed by atoms with Crippen LogP contribution in [0.2, 0.25) is 0 Å². The van der Waals surface area contributed by atoms with Crippen LogP contribution in [0.15, 0.2) is 18.5 Å². The number of piperidine rings is 1. The number of fused-ring (bicyclic) bond motifs is 2. The van der Waals surface area contributed by atoms with Gasteiger partial charge in [0.1, 0.15) is 25.4 Å². The third-order valence-electron chi connectivity index (χ3n) is 4.93. The van der Waals surface area contributed by atoms with E-state index in [-0.39, 0.29) is 0 Å². The predicted octanol–water partition coefficient (Wildman–Crippen LogP) is 2.30. The Kier molecular flexibility index (Phi) is 4.88. The Morgan fingerprint density at radius 1 is 1.08 bits per heavy atom. The van der Waals surface area contributed by atoms with Crippen molar-refractivity contribution in [3.05, 3.63) is 18.5 Å². The van der Waals surface area contributed by atoms with Crippen molar-refractivity contribution in [1.82, 2.24) is 9.97 Å². The zero-order valence-electron chi connectivity index (χ0n) is 14.0. The van der Waals surface area contributed by atoms with Crippen molar-refractivity contribution in [3.63, 3.8) is 0 Å². The highest BCUT2D eigenvalue weighted by atomic mass is 31.2. The number of hydrogen-bond acceptors (Lipinski definition) is 7. The lowest BCUT2D eigenvalue weighted by Gasteiger charge is -2.33. The fraction of sp³-hybridized carbons (Fsp3) is 0.529. The van der Waals surface area contributed by atoms with Crippen LogP contribution in [0.3, 0.4) is 0 Å². The summed E-state index contributed by atoms with van der Waals surface area (Å²) in [6.45, 7) is 2.96. The van der Waals surface area contributed by atoms with Crippen LogP contribution in [0.4, 0.5) is 5.82 Å². The van der Waals surface area contributed by atoms with Crippen LogP contribution < -0.4 is 14.4 Å². The van der Waals surface area contributed by atoms with E-state index >= 15 is 0 Å². The topological polar surface area (TPSA) is 87.9 Å². The van der Waals surface area contributed by atoms with E-state index in [0.29, 0.717) is 25.3 Å². The summed E-state index contributed by atoms with van der Waals surface area (Å²) in [4.78, 5) is 29.4. The molecule has 0 unspecified atom stereocenters. The molecule has 2 aliphatic heterocycles. The fourth-order valence-electron chi connectivity index (χ4n) is 3.56. The second kappa shape index (κ2) is 7.28. The minimum Gasteiger partial charge on any atom is -0.486 e. The molecule has 4 rings (SSSR count). The fourth-order valence-corrected chi connectivity index (χ4v) is 4.16. The molecule has 8 heteroatoms. The first-order chi connectivity index (χ1) is 12.2. The second-order valence-electron chi connectivity index (χ2n) is 6.53. The van der Waals surface area contributed by atoms with Crippen molar-refractivity contribution in [2.75, 3.05) is 37.4 Å². The molecule has 2 aliphatic rings. The first kappa shape index (κ1) is 16.8. The number of rotatable bonds is 4. The van der Waals surface area contributed by atoms with Crippen molar-refractivity contribution >= 4 is 25.1 Å². The summed E-state index contributed by atoms with van der Waals surface area (Å²) in [5, 5.41) is 0.986. The Hall–Kier alpha value is -1.69. The molecule has 0 aliphatic carbocycles. The maximum absolute atomic E-state index is 9.10. The maximum Gasteiger partial charge on any atom is 0.164 e. The van der Waals surface area contributed by atoms with Gasteiger partial charge in [0.2, 0.25) is 0 Å². The SMILES string of the molecule is OP(O)CCC1CCN(c2ncnc3cc4c(cc23)OCCO4)CC1. The first-order valence-corrected chi connectivity index (χ1v) is 10.1. The molecule has 1 aromatic carbocycles. The molecule has 0 spiro atoms. The lowest BCUT2D eigenvalue weighted by molar-refractivity contribution is 0.172. The third kappa shape index (κ3) is 3.64. The van der Waals surface area contributed by atoms with Gasteiger partial charge in [0.05, 0.1) is 5.52 Å². The maximum atomic E-state index is 9.10. The van der Waals surface area contributed by atoms with E-state index in [9.17, 15) is 0 Å². The van der Waals surface area contributed by atoms with Crippen molar-refractivity contribution in [2.24, 2.45) is 5.92 Å². The average molecular weight is 363 g/mol. The minimum atomic E-state index is -1.77. The summed E-state index contributed by atoms with van der Waals surface area (Å²) in [5.74, 6) is 2.99. The molecule has 7 nitrogen and oxygen atoms in total. The van der Waals surface area contributed by atoms with Crippen LogP contribution in [0.1, 0.15) is 19.3 Å². The highest BCUT2D eigenvalue weighted by Crippen LogP contribution is 2.38. The molecular formula is C17H22N3O4P. The monoisotopic (exact) mass is 363 g/mol. The molecule has 0 amide bonds. The first-order valence-electron chi connectivity index (χ1n) is 8.65. The van der Waals surface area contributed by atoms with E-state index < -0.39 is 8.38 Å². The summed E-state index contributed by atoms with van der Waals surface area (Å²) < 4.78 is 11.3. The van der Waals surface area contributed by atoms with Gasteiger partial charge in [-0.05, 0) is 31.2 Å². The van der Waals surface area contributed by atoms with Gasteiger partial charge in [0, 0.05) is 30.7 Å². The molecule has 25 heavy (non-hydrogen) atoms. The number of ether oxygens (including phenoxy) is 2. The van der Waals surface area contributed by atoms with Crippen molar-refractivity contribution in [2.45, 2.75) is 19.3 Å². The zero-order chi connectivity index (χ0) is 17.2. The molecule has 2 N–H and O–H groups in total. The van der Waals surface area contributed by atoms with E-state index in [4.69, 9.17) is 19.3 Å². The van der Waals surface area contributed by atoms with Gasteiger partial charge < -0.3 is 24.2 Å².